The maximum absolute atomic E-state index is 10.8. The second-order valence-corrected chi connectivity index (χ2v) is 4.48. The van der Waals surface area contributed by atoms with Gasteiger partial charge in [0, 0.05) is 6.20 Å². The standard InChI is InChI=1S/C13H19NO2/c1-3-10-6-4-8-13(10,15)12-11(16-2)7-5-9-14-12/h5,7,9-10,15H,3-4,6,8H2,1-2H3. The molecule has 0 radical (unpaired) electrons. The largest absolute Gasteiger partial charge is 0.495 e. The molecule has 1 aromatic heterocycles. The van der Waals surface area contributed by atoms with Crippen LogP contribution in [0.2, 0.25) is 0 Å². The monoisotopic (exact) mass is 221 g/mol. The quantitative estimate of drug-likeness (QED) is 0.852. The van der Waals surface area contributed by atoms with Crippen LogP contribution in [0.5, 0.6) is 5.75 Å². The number of aliphatic hydroxyl groups is 1. The van der Waals surface area contributed by atoms with Crippen molar-refractivity contribution in [3.63, 3.8) is 0 Å². The van der Waals surface area contributed by atoms with Gasteiger partial charge in [-0.25, -0.2) is 0 Å². The van der Waals surface area contributed by atoms with Crippen LogP contribution < -0.4 is 4.74 Å². The van der Waals surface area contributed by atoms with E-state index in [0.717, 1.165) is 25.7 Å². The van der Waals surface area contributed by atoms with Gasteiger partial charge in [-0.05, 0) is 37.3 Å². The van der Waals surface area contributed by atoms with Crippen molar-refractivity contribution in [3.8, 4) is 5.75 Å². The minimum absolute atomic E-state index is 0.302. The summed E-state index contributed by atoms with van der Waals surface area (Å²) in [5.74, 6) is 1.00. The molecular formula is C13H19NO2. The summed E-state index contributed by atoms with van der Waals surface area (Å²) in [6.45, 7) is 2.12. The smallest absolute Gasteiger partial charge is 0.143 e. The molecule has 2 atom stereocenters. The average Bonchev–Trinajstić information content (AvgIpc) is 2.71. The predicted molar refractivity (Wildman–Crippen MR) is 62.3 cm³/mol. The molecule has 1 fully saturated rings. The van der Waals surface area contributed by atoms with Gasteiger partial charge < -0.3 is 9.84 Å². The molecule has 16 heavy (non-hydrogen) atoms. The van der Waals surface area contributed by atoms with Crippen LogP contribution in [-0.2, 0) is 5.60 Å². The number of pyridine rings is 1. The topological polar surface area (TPSA) is 42.4 Å². The van der Waals surface area contributed by atoms with Crippen LogP contribution in [0, 0.1) is 5.92 Å². The van der Waals surface area contributed by atoms with Gasteiger partial charge in [-0.1, -0.05) is 13.3 Å². The molecular weight excluding hydrogens is 202 g/mol. The van der Waals surface area contributed by atoms with Crippen LogP contribution in [0.15, 0.2) is 18.3 Å². The maximum atomic E-state index is 10.8. The van der Waals surface area contributed by atoms with Crippen LogP contribution in [0.25, 0.3) is 0 Å². The van der Waals surface area contributed by atoms with Crippen molar-refractivity contribution in [1.29, 1.82) is 0 Å². The van der Waals surface area contributed by atoms with E-state index in [1.54, 1.807) is 13.3 Å². The predicted octanol–water partition coefficient (Wildman–Crippen LogP) is 2.49. The summed E-state index contributed by atoms with van der Waals surface area (Å²) in [6.07, 6.45) is 5.64. The molecule has 0 saturated heterocycles. The second kappa shape index (κ2) is 4.42. The van der Waals surface area contributed by atoms with Crippen LogP contribution in [0.4, 0.5) is 0 Å². The van der Waals surface area contributed by atoms with Crippen LogP contribution in [0.3, 0.4) is 0 Å². The molecule has 0 aliphatic heterocycles. The van der Waals surface area contributed by atoms with Crippen LogP contribution in [0.1, 0.15) is 38.3 Å². The molecule has 2 unspecified atom stereocenters. The van der Waals surface area contributed by atoms with Gasteiger partial charge in [0.1, 0.15) is 17.0 Å². The molecule has 1 heterocycles. The molecule has 1 aliphatic rings. The third-order valence-corrected chi connectivity index (χ3v) is 3.68. The van der Waals surface area contributed by atoms with Crippen LogP contribution in [-0.4, -0.2) is 17.2 Å². The van der Waals surface area contributed by atoms with Crippen molar-refractivity contribution in [1.82, 2.24) is 4.98 Å². The van der Waals surface area contributed by atoms with Crippen LogP contribution >= 0.6 is 0 Å². The van der Waals surface area contributed by atoms with Crippen molar-refractivity contribution in [2.75, 3.05) is 7.11 Å². The molecule has 1 saturated carbocycles. The third-order valence-electron chi connectivity index (χ3n) is 3.68. The summed E-state index contributed by atoms with van der Waals surface area (Å²) in [7, 11) is 1.62. The Morgan fingerprint density at radius 2 is 2.44 bits per heavy atom. The highest BCUT2D eigenvalue weighted by Crippen LogP contribution is 2.46. The summed E-state index contributed by atoms with van der Waals surface area (Å²) in [6, 6.07) is 3.70. The van der Waals surface area contributed by atoms with E-state index in [9.17, 15) is 5.11 Å². The van der Waals surface area contributed by atoms with Gasteiger partial charge in [0.15, 0.2) is 0 Å². The van der Waals surface area contributed by atoms with Crippen molar-refractivity contribution in [3.05, 3.63) is 24.0 Å². The van der Waals surface area contributed by atoms with Gasteiger partial charge in [0.25, 0.3) is 0 Å². The molecule has 88 valence electrons. The Balaban J connectivity index is 2.41. The van der Waals surface area contributed by atoms with E-state index in [-0.39, 0.29) is 0 Å². The highest BCUT2D eigenvalue weighted by Gasteiger charge is 2.44. The fraction of sp³-hybridized carbons (Fsp3) is 0.615. The Labute approximate surface area is 96.5 Å². The lowest BCUT2D eigenvalue weighted by atomic mass is 9.85. The first kappa shape index (κ1) is 11.4. The number of hydrogen-bond donors (Lipinski definition) is 1. The fourth-order valence-corrected chi connectivity index (χ4v) is 2.79. The summed E-state index contributed by atoms with van der Waals surface area (Å²) in [4.78, 5) is 4.33. The van der Waals surface area contributed by atoms with Crippen molar-refractivity contribution in [2.24, 2.45) is 5.92 Å². The van der Waals surface area contributed by atoms with E-state index >= 15 is 0 Å². The van der Waals surface area contributed by atoms with Gasteiger partial charge in [0.2, 0.25) is 0 Å². The number of ether oxygens (including phenoxy) is 1. The lowest BCUT2D eigenvalue weighted by Crippen LogP contribution is -2.31. The Bertz CT molecular complexity index is 367. The van der Waals surface area contributed by atoms with Gasteiger partial charge in [-0.3, -0.25) is 4.98 Å². The third kappa shape index (κ3) is 1.69. The van der Waals surface area contributed by atoms with E-state index in [1.807, 2.05) is 12.1 Å². The fourth-order valence-electron chi connectivity index (χ4n) is 2.79. The van der Waals surface area contributed by atoms with Gasteiger partial charge in [0.05, 0.1) is 7.11 Å². The first-order chi connectivity index (χ1) is 7.72. The first-order valence-corrected chi connectivity index (χ1v) is 5.94. The summed E-state index contributed by atoms with van der Waals surface area (Å²) < 4.78 is 5.29. The molecule has 0 aromatic carbocycles. The van der Waals surface area contributed by atoms with E-state index in [2.05, 4.69) is 11.9 Å². The highest BCUT2D eigenvalue weighted by atomic mass is 16.5. The Morgan fingerprint density at radius 3 is 3.12 bits per heavy atom. The molecule has 3 heteroatoms. The molecule has 0 bridgehead atoms. The lowest BCUT2D eigenvalue weighted by molar-refractivity contribution is -0.0100. The molecule has 0 spiro atoms. The molecule has 1 aliphatic carbocycles. The number of nitrogens with zero attached hydrogens (tertiary/aromatic N) is 1. The second-order valence-electron chi connectivity index (χ2n) is 4.48. The van der Waals surface area contributed by atoms with Crippen molar-refractivity contribution in [2.45, 2.75) is 38.2 Å². The Kier molecular flexibility index (Phi) is 3.15. The molecule has 1 aromatic rings. The number of methoxy groups -OCH3 is 1. The average molecular weight is 221 g/mol. The number of hydrogen-bond acceptors (Lipinski definition) is 3. The molecule has 3 nitrogen and oxygen atoms in total. The van der Waals surface area contributed by atoms with E-state index < -0.39 is 5.60 Å². The minimum Gasteiger partial charge on any atom is -0.495 e. The molecule has 2 rings (SSSR count). The SMILES string of the molecule is CCC1CCCC1(O)c1ncccc1OC. The number of aromatic nitrogens is 1. The Morgan fingerprint density at radius 1 is 1.62 bits per heavy atom. The molecule has 0 amide bonds. The van der Waals surface area contributed by atoms with Crippen molar-refractivity contribution < 1.29 is 9.84 Å². The summed E-state index contributed by atoms with van der Waals surface area (Å²) in [5.41, 5.74) is -0.0803. The Hall–Kier alpha value is -1.09. The van der Waals surface area contributed by atoms with Crippen molar-refractivity contribution >= 4 is 0 Å². The maximum Gasteiger partial charge on any atom is 0.143 e. The normalized spacial score (nSPS) is 29.3. The summed E-state index contributed by atoms with van der Waals surface area (Å²) in [5, 5.41) is 10.8. The minimum atomic E-state index is -0.790. The van der Waals surface area contributed by atoms with Gasteiger partial charge in [-0.2, -0.15) is 0 Å². The van der Waals surface area contributed by atoms with E-state index in [4.69, 9.17) is 4.74 Å². The van der Waals surface area contributed by atoms with Gasteiger partial charge >= 0.3 is 0 Å². The summed E-state index contributed by atoms with van der Waals surface area (Å²) >= 11 is 0. The van der Waals surface area contributed by atoms with E-state index in [1.165, 1.54) is 0 Å². The van der Waals surface area contributed by atoms with Gasteiger partial charge in [-0.15, -0.1) is 0 Å². The lowest BCUT2D eigenvalue weighted by Gasteiger charge is -2.30. The highest BCUT2D eigenvalue weighted by molar-refractivity contribution is 5.33. The number of rotatable bonds is 3. The zero-order valence-electron chi connectivity index (χ0n) is 9.94. The molecule has 1 N–H and O–H groups in total. The first-order valence-electron chi connectivity index (χ1n) is 5.94. The van der Waals surface area contributed by atoms with E-state index in [0.29, 0.717) is 17.4 Å². The zero-order chi connectivity index (χ0) is 11.6. The zero-order valence-corrected chi connectivity index (χ0v) is 9.94.